The third-order valence-electron chi connectivity index (χ3n) is 4.94. The number of rotatable bonds is 3. The van der Waals surface area contributed by atoms with Crippen LogP contribution in [0.2, 0.25) is 0 Å². The molecule has 2 heterocycles. The van der Waals surface area contributed by atoms with Crippen LogP contribution in [0, 0.1) is 0 Å². The first-order chi connectivity index (χ1) is 12.3. The molecule has 1 fully saturated rings. The van der Waals surface area contributed by atoms with E-state index in [9.17, 15) is 4.79 Å². The molecule has 0 atom stereocenters. The van der Waals surface area contributed by atoms with E-state index in [4.69, 9.17) is 0 Å². The Balaban J connectivity index is 1.64. The van der Waals surface area contributed by atoms with Crippen molar-refractivity contribution in [1.82, 2.24) is 14.7 Å². The smallest absolute Gasteiger partial charge is 0.268 e. The second kappa shape index (κ2) is 7.19. The van der Waals surface area contributed by atoms with Crippen molar-refractivity contribution in [3.8, 4) is 11.3 Å². The molecule has 3 aromatic rings. The molecule has 0 radical (unpaired) electrons. The van der Waals surface area contributed by atoms with Gasteiger partial charge < -0.3 is 0 Å². The predicted octanol–water partition coefficient (Wildman–Crippen LogP) is 3.90. The number of aromatic nitrogens is 2. The highest BCUT2D eigenvalue weighted by Crippen LogP contribution is 2.22. The quantitative estimate of drug-likeness (QED) is 0.730. The Labute approximate surface area is 147 Å². The maximum atomic E-state index is 12.2. The molecule has 0 amide bonds. The first kappa shape index (κ1) is 16.0. The summed E-state index contributed by atoms with van der Waals surface area (Å²) in [6, 6.07) is 18.1. The standard InChI is InChI=1S/C21H23N3O/c25-21-12-11-20(19-10-9-17-7-3-4-8-18(17)15-19)22-24(21)16-23-13-5-1-2-6-14-23/h3-4,7-12,15H,1-2,5-6,13-14,16H2. The lowest BCUT2D eigenvalue weighted by molar-refractivity contribution is 0.210. The van der Waals surface area contributed by atoms with Crippen molar-refractivity contribution in [3.63, 3.8) is 0 Å². The van der Waals surface area contributed by atoms with Gasteiger partial charge in [-0.25, -0.2) is 4.68 Å². The van der Waals surface area contributed by atoms with E-state index in [2.05, 4.69) is 40.3 Å². The zero-order valence-electron chi connectivity index (χ0n) is 14.4. The van der Waals surface area contributed by atoms with Crippen LogP contribution in [0.3, 0.4) is 0 Å². The van der Waals surface area contributed by atoms with E-state index in [1.165, 1.54) is 36.5 Å². The number of likely N-dealkylation sites (tertiary alicyclic amines) is 1. The number of nitrogens with zero attached hydrogens (tertiary/aromatic N) is 3. The highest BCUT2D eigenvalue weighted by Gasteiger charge is 2.11. The minimum absolute atomic E-state index is 0.0335. The Morgan fingerprint density at radius 3 is 2.40 bits per heavy atom. The van der Waals surface area contributed by atoms with Crippen molar-refractivity contribution in [1.29, 1.82) is 0 Å². The lowest BCUT2D eigenvalue weighted by Gasteiger charge is -2.20. The van der Waals surface area contributed by atoms with E-state index in [0.29, 0.717) is 6.67 Å². The molecule has 0 aliphatic carbocycles. The van der Waals surface area contributed by atoms with Crippen LogP contribution < -0.4 is 5.56 Å². The highest BCUT2D eigenvalue weighted by molar-refractivity contribution is 5.86. The number of hydrogen-bond acceptors (Lipinski definition) is 3. The van der Waals surface area contributed by atoms with Crippen molar-refractivity contribution in [2.24, 2.45) is 0 Å². The summed E-state index contributed by atoms with van der Waals surface area (Å²) >= 11 is 0. The second-order valence-corrected chi connectivity index (χ2v) is 6.79. The van der Waals surface area contributed by atoms with Crippen LogP contribution in [0.15, 0.2) is 59.4 Å². The van der Waals surface area contributed by atoms with Gasteiger partial charge in [-0.3, -0.25) is 9.69 Å². The minimum Gasteiger partial charge on any atom is -0.284 e. The average Bonchev–Trinajstić information content (AvgIpc) is 2.92. The van der Waals surface area contributed by atoms with Crippen LogP contribution in [0.4, 0.5) is 0 Å². The first-order valence-corrected chi connectivity index (χ1v) is 9.09. The Morgan fingerprint density at radius 1 is 0.840 bits per heavy atom. The van der Waals surface area contributed by atoms with Crippen LogP contribution in [0.25, 0.3) is 22.0 Å². The van der Waals surface area contributed by atoms with Gasteiger partial charge in [0.15, 0.2) is 0 Å². The van der Waals surface area contributed by atoms with Gasteiger partial charge in [0.2, 0.25) is 0 Å². The molecule has 4 nitrogen and oxygen atoms in total. The Morgan fingerprint density at radius 2 is 1.60 bits per heavy atom. The molecule has 0 bridgehead atoms. The van der Waals surface area contributed by atoms with Crippen molar-refractivity contribution in [2.45, 2.75) is 32.4 Å². The maximum absolute atomic E-state index is 12.2. The van der Waals surface area contributed by atoms with Gasteiger partial charge in [0.25, 0.3) is 5.56 Å². The summed E-state index contributed by atoms with van der Waals surface area (Å²) in [5, 5.41) is 7.04. The van der Waals surface area contributed by atoms with E-state index >= 15 is 0 Å². The average molecular weight is 333 g/mol. The molecule has 0 N–H and O–H groups in total. The van der Waals surface area contributed by atoms with E-state index in [0.717, 1.165) is 24.3 Å². The lowest BCUT2D eigenvalue weighted by Crippen LogP contribution is -2.34. The molecular weight excluding hydrogens is 310 g/mol. The first-order valence-electron chi connectivity index (χ1n) is 9.09. The van der Waals surface area contributed by atoms with Gasteiger partial charge in [0.05, 0.1) is 12.4 Å². The summed E-state index contributed by atoms with van der Waals surface area (Å²) in [5.74, 6) is 0. The van der Waals surface area contributed by atoms with E-state index in [1.807, 2.05) is 18.2 Å². The molecule has 0 saturated carbocycles. The summed E-state index contributed by atoms with van der Waals surface area (Å²) in [6.45, 7) is 2.68. The van der Waals surface area contributed by atoms with Crippen LogP contribution >= 0.6 is 0 Å². The normalized spacial score (nSPS) is 16.0. The van der Waals surface area contributed by atoms with Gasteiger partial charge in [0.1, 0.15) is 0 Å². The van der Waals surface area contributed by atoms with Crippen molar-refractivity contribution < 1.29 is 0 Å². The zero-order chi connectivity index (χ0) is 17.1. The minimum atomic E-state index is -0.0335. The SMILES string of the molecule is O=c1ccc(-c2ccc3ccccc3c2)nn1CN1CCCCCC1. The molecule has 1 aliphatic rings. The van der Waals surface area contributed by atoms with Crippen LogP contribution in [0.5, 0.6) is 0 Å². The van der Waals surface area contributed by atoms with E-state index in [1.54, 1.807) is 10.7 Å². The number of hydrogen-bond donors (Lipinski definition) is 0. The van der Waals surface area contributed by atoms with Crippen molar-refractivity contribution >= 4 is 10.8 Å². The van der Waals surface area contributed by atoms with E-state index < -0.39 is 0 Å². The van der Waals surface area contributed by atoms with Gasteiger partial charge >= 0.3 is 0 Å². The van der Waals surface area contributed by atoms with Gasteiger partial charge in [-0.15, -0.1) is 0 Å². The van der Waals surface area contributed by atoms with Crippen molar-refractivity contribution in [2.75, 3.05) is 13.1 Å². The fourth-order valence-corrected chi connectivity index (χ4v) is 3.52. The van der Waals surface area contributed by atoms with Gasteiger partial charge in [-0.1, -0.05) is 49.2 Å². The van der Waals surface area contributed by atoms with Crippen LogP contribution in [-0.2, 0) is 6.67 Å². The third kappa shape index (κ3) is 3.64. The fraction of sp³-hybridized carbons (Fsp3) is 0.333. The van der Waals surface area contributed by atoms with Gasteiger partial charge in [-0.05, 0) is 48.8 Å². The molecule has 25 heavy (non-hydrogen) atoms. The summed E-state index contributed by atoms with van der Waals surface area (Å²) in [6.07, 6.45) is 4.99. The van der Waals surface area contributed by atoms with Crippen LogP contribution in [-0.4, -0.2) is 27.8 Å². The molecule has 1 aliphatic heterocycles. The maximum Gasteiger partial charge on any atom is 0.268 e. The second-order valence-electron chi connectivity index (χ2n) is 6.79. The zero-order valence-corrected chi connectivity index (χ0v) is 14.4. The largest absolute Gasteiger partial charge is 0.284 e. The summed E-state index contributed by atoms with van der Waals surface area (Å²) in [5.41, 5.74) is 1.86. The third-order valence-corrected chi connectivity index (χ3v) is 4.94. The predicted molar refractivity (Wildman–Crippen MR) is 101 cm³/mol. The topological polar surface area (TPSA) is 38.1 Å². The number of fused-ring (bicyclic) bond motifs is 1. The molecule has 4 rings (SSSR count). The molecular formula is C21H23N3O. The molecule has 1 aromatic heterocycles. The molecule has 0 unspecified atom stereocenters. The molecule has 4 heteroatoms. The fourth-order valence-electron chi connectivity index (χ4n) is 3.52. The Bertz CT molecular complexity index is 924. The Kier molecular flexibility index (Phi) is 4.61. The van der Waals surface area contributed by atoms with Crippen molar-refractivity contribution in [3.05, 3.63) is 65.0 Å². The summed E-state index contributed by atoms with van der Waals surface area (Å²) in [7, 11) is 0. The molecule has 2 aromatic carbocycles. The highest BCUT2D eigenvalue weighted by atomic mass is 16.1. The van der Waals surface area contributed by atoms with Gasteiger partial charge in [-0.2, -0.15) is 5.10 Å². The number of benzene rings is 2. The summed E-state index contributed by atoms with van der Waals surface area (Å²) < 4.78 is 1.61. The lowest BCUT2D eigenvalue weighted by atomic mass is 10.1. The molecule has 0 spiro atoms. The molecule has 1 saturated heterocycles. The Hall–Kier alpha value is -2.46. The van der Waals surface area contributed by atoms with Gasteiger partial charge in [0, 0.05) is 11.6 Å². The van der Waals surface area contributed by atoms with E-state index in [-0.39, 0.29) is 5.56 Å². The van der Waals surface area contributed by atoms with Crippen LogP contribution in [0.1, 0.15) is 25.7 Å². The monoisotopic (exact) mass is 333 g/mol. The summed E-state index contributed by atoms with van der Waals surface area (Å²) in [4.78, 5) is 14.6. The molecule has 128 valence electrons.